The average molecular weight is 409 g/mol. The Bertz CT molecular complexity index is 884. The van der Waals surface area contributed by atoms with Crippen molar-refractivity contribution in [1.82, 2.24) is 15.3 Å². The first kappa shape index (κ1) is 19.6. The van der Waals surface area contributed by atoms with Gasteiger partial charge in [0, 0.05) is 23.5 Å². The molecule has 2 fully saturated rings. The minimum atomic E-state index is -0.845. The Balaban J connectivity index is 1.53. The van der Waals surface area contributed by atoms with E-state index in [0.717, 1.165) is 25.8 Å². The van der Waals surface area contributed by atoms with E-state index < -0.39 is 17.5 Å². The molecule has 5 nitrogen and oxygen atoms in total. The molecule has 2 atom stereocenters. The van der Waals surface area contributed by atoms with Gasteiger partial charge in [0.05, 0.1) is 11.3 Å². The highest BCUT2D eigenvalue weighted by atomic mass is 32.2. The Morgan fingerprint density at radius 3 is 2.89 bits per heavy atom. The van der Waals surface area contributed by atoms with E-state index in [1.165, 1.54) is 18.9 Å². The maximum atomic E-state index is 14.5. The van der Waals surface area contributed by atoms with E-state index in [9.17, 15) is 13.6 Å². The van der Waals surface area contributed by atoms with E-state index in [-0.39, 0.29) is 10.6 Å². The van der Waals surface area contributed by atoms with Crippen LogP contribution < -0.4 is 16.2 Å². The zero-order valence-electron chi connectivity index (χ0n) is 15.8. The molecule has 8 heteroatoms. The predicted octanol–water partition coefficient (Wildman–Crippen LogP) is 3.74. The van der Waals surface area contributed by atoms with E-state index in [0.29, 0.717) is 41.8 Å². The minimum absolute atomic E-state index is 0.00629. The zero-order valence-corrected chi connectivity index (χ0v) is 16.6. The number of hydrogen-bond donors (Lipinski definition) is 3. The van der Waals surface area contributed by atoms with Crippen LogP contribution in [0.2, 0.25) is 0 Å². The average Bonchev–Trinajstić information content (AvgIpc) is 3.06. The predicted molar refractivity (Wildman–Crippen MR) is 110 cm³/mol. The molecule has 2 heterocycles. The summed E-state index contributed by atoms with van der Waals surface area (Å²) < 4.78 is 28.3. The fourth-order valence-corrected chi connectivity index (χ4v) is 5.25. The van der Waals surface area contributed by atoms with Crippen LogP contribution in [-0.2, 0) is 5.75 Å². The van der Waals surface area contributed by atoms with Gasteiger partial charge in [-0.2, -0.15) is 11.8 Å². The second-order valence-electron chi connectivity index (χ2n) is 7.75. The van der Waals surface area contributed by atoms with Gasteiger partial charge in [-0.15, -0.1) is 0 Å². The molecule has 1 aromatic heterocycles. The number of benzene rings is 1. The summed E-state index contributed by atoms with van der Waals surface area (Å²) in [5, 5.41) is 6.62. The van der Waals surface area contributed by atoms with Gasteiger partial charge in [-0.3, -0.25) is 4.79 Å². The number of alkyl halides is 1. The second kappa shape index (κ2) is 8.78. The zero-order chi connectivity index (χ0) is 19.5. The standard InChI is InChI=1S/C20H26F2N4OS/c21-12-7-15(5-6-23-10-12)28-11-18-25-17-9-14(24-13-3-1-2-4-13)8-16(22)19(17)20(27)26-18/h8-9,12-13,15,23-24H,1-7,10-11H2,(H,25,26,27)/t12-,15-/m1/s1. The van der Waals surface area contributed by atoms with Crippen LogP contribution >= 0.6 is 11.8 Å². The first-order valence-electron chi connectivity index (χ1n) is 10.0. The number of aromatic nitrogens is 2. The first-order valence-corrected chi connectivity index (χ1v) is 11.1. The highest BCUT2D eigenvalue weighted by Gasteiger charge is 2.21. The number of anilines is 1. The van der Waals surface area contributed by atoms with Crippen molar-refractivity contribution in [2.45, 2.75) is 61.7 Å². The molecule has 3 N–H and O–H groups in total. The highest BCUT2D eigenvalue weighted by Crippen LogP contribution is 2.27. The van der Waals surface area contributed by atoms with Gasteiger partial charge in [0.25, 0.3) is 5.56 Å². The van der Waals surface area contributed by atoms with Crippen molar-refractivity contribution in [2.75, 3.05) is 18.4 Å². The molecular formula is C20H26F2N4OS. The van der Waals surface area contributed by atoms with Crippen molar-refractivity contribution in [3.8, 4) is 0 Å². The topological polar surface area (TPSA) is 69.8 Å². The van der Waals surface area contributed by atoms with E-state index in [4.69, 9.17) is 0 Å². The van der Waals surface area contributed by atoms with Crippen LogP contribution in [0.4, 0.5) is 14.5 Å². The van der Waals surface area contributed by atoms with Crippen molar-refractivity contribution in [3.05, 3.63) is 34.1 Å². The lowest BCUT2D eigenvalue weighted by Crippen LogP contribution is -2.21. The van der Waals surface area contributed by atoms with Crippen LogP contribution in [0.5, 0.6) is 0 Å². The molecule has 152 valence electrons. The maximum Gasteiger partial charge on any atom is 0.261 e. The summed E-state index contributed by atoms with van der Waals surface area (Å²) in [6, 6.07) is 3.49. The largest absolute Gasteiger partial charge is 0.382 e. The summed E-state index contributed by atoms with van der Waals surface area (Å²) in [6.07, 6.45) is 5.06. The molecule has 2 aromatic rings. The van der Waals surface area contributed by atoms with Crippen molar-refractivity contribution in [1.29, 1.82) is 0 Å². The second-order valence-corrected chi connectivity index (χ2v) is 9.04. The van der Waals surface area contributed by atoms with Crippen LogP contribution in [0.1, 0.15) is 44.3 Å². The molecule has 2 aliphatic rings. The molecule has 28 heavy (non-hydrogen) atoms. The van der Waals surface area contributed by atoms with Gasteiger partial charge in [-0.1, -0.05) is 12.8 Å². The lowest BCUT2D eigenvalue weighted by Gasteiger charge is -2.15. The third-order valence-electron chi connectivity index (χ3n) is 5.52. The summed E-state index contributed by atoms with van der Waals surface area (Å²) in [7, 11) is 0. The number of fused-ring (bicyclic) bond motifs is 1. The molecule has 0 radical (unpaired) electrons. The molecule has 0 unspecified atom stereocenters. The van der Waals surface area contributed by atoms with E-state index in [1.807, 2.05) is 0 Å². The molecule has 0 amide bonds. The van der Waals surface area contributed by atoms with Gasteiger partial charge >= 0.3 is 0 Å². The third-order valence-corrected chi connectivity index (χ3v) is 6.86. The summed E-state index contributed by atoms with van der Waals surface area (Å²) in [5.74, 6) is 0.429. The van der Waals surface area contributed by atoms with Gasteiger partial charge in [0.15, 0.2) is 0 Å². The molecule has 1 aromatic carbocycles. The minimum Gasteiger partial charge on any atom is -0.382 e. The smallest absolute Gasteiger partial charge is 0.261 e. The van der Waals surface area contributed by atoms with Crippen LogP contribution in [0.15, 0.2) is 16.9 Å². The first-order chi connectivity index (χ1) is 13.6. The Kier molecular flexibility index (Phi) is 6.16. The Labute approximate surface area is 167 Å². The van der Waals surface area contributed by atoms with Gasteiger partial charge in [0.2, 0.25) is 0 Å². The van der Waals surface area contributed by atoms with Gasteiger partial charge in [-0.05, 0) is 44.4 Å². The molecule has 0 bridgehead atoms. The lowest BCUT2D eigenvalue weighted by atomic mass is 10.2. The molecule has 1 saturated carbocycles. The molecular weight excluding hydrogens is 382 g/mol. The SMILES string of the molecule is O=c1[nH]c(CS[C@@H]2CCNC[C@H](F)C2)nc2cc(NC3CCCC3)cc(F)c12. The number of rotatable bonds is 5. The number of thioether (sulfide) groups is 1. The number of nitrogens with zero attached hydrogens (tertiary/aromatic N) is 1. The van der Waals surface area contributed by atoms with Crippen molar-refractivity contribution in [3.63, 3.8) is 0 Å². The van der Waals surface area contributed by atoms with Crippen LogP contribution in [0, 0.1) is 5.82 Å². The number of hydrogen-bond acceptors (Lipinski definition) is 5. The van der Waals surface area contributed by atoms with Crippen LogP contribution in [-0.4, -0.2) is 40.5 Å². The Morgan fingerprint density at radius 2 is 2.07 bits per heavy atom. The normalized spacial score (nSPS) is 23.8. The van der Waals surface area contributed by atoms with Crippen LogP contribution in [0.3, 0.4) is 0 Å². The van der Waals surface area contributed by atoms with Gasteiger partial charge in [0.1, 0.15) is 23.2 Å². The van der Waals surface area contributed by atoms with E-state index in [2.05, 4.69) is 20.6 Å². The van der Waals surface area contributed by atoms with Crippen molar-refractivity contribution < 1.29 is 8.78 Å². The molecule has 1 aliphatic heterocycles. The molecule has 1 aliphatic carbocycles. The summed E-state index contributed by atoms with van der Waals surface area (Å²) >= 11 is 1.60. The fraction of sp³-hybridized carbons (Fsp3) is 0.600. The Morgan fingerprint density at radius 1 is 1.25 bits per heavy atom. The fourth-order valence-electron chi connectivity index (χ4n) is 4.09. The Hall–Kier alpha value is -1.67. The quantitative estimate of drug-likeness (QED) is 0.703. The number of H-pyrrole nitrogens is 1. The lowest BCUT2D eigenvalue weighted by molar-refractivity contribution is 0.317. The maximum absolute atomic E-state index is 14.5. The van der Waals surface area contributed by atoms with Crippen molar-refractivity contribution >= 4 is 28.4 Å². The summed E-state index contributed by atoms with van der Waals surface area (Å²) in [5.41, 5.74) is 0.575. The highest BCUT2D eigenvalue weighted by molar-refractivity contribution is 7.99. The molecule has 0 spiro atoms. The number of nitrogens with one attached hydrogen (secondary N) is 3. The van der Waals surface area contributed by atoms with Crippen LogP contribution in [0.25, 0.3) is 10.9 Å². The van der Waals surface area contributed by atoms with Gasteiger partial charge < -0.3 is 15.6 Å². The van der Waals surface area contributed by atoms with Gasteiger partial charge in [-0.25, -0.2) is 13.8 Å². The summed E-state index contributed by atoms with van der Waals surface area (Å²) in [6.45, 7) is 1.19. The van der Waals surface area contributed by atoms with Crippen molar-refractivity contribution in [2.24, 2.45) is 0 Å². The number of aromatic amines is 1. The molecule has 1 saturated heterocycles. The van der Waals surface area contributed by atoms with E-state index >= 15 is 0 Å². The van der Waals surface area contributed by atoms with E-state index in [1.54, 1.807) is 17.8 Å². The monoisotopic (exact) mass is 408 g/mol. The third kappa shape index (κ3) is 4.66. The summed E-state index contributed by atoms with van der Waals surface area (Å²) in [4.78, 5) is 19.6. The molecule has 4 rings (SSSR count). The number of halogens is 2.